The zero-order valence-corrected chi connectivity index (χ0v) is 24.5. The van der Waals surface area contributed by atoms with E-state index in [1.165, 1.54) is 81.5 Å². The molecule has 43 heavy (non-hydrogen) atoms. The van der Waals surface area contributed by atoms with E-state index in [0.717, 1.165) is 54.5 Å². The molecule has 212 valence electrons. The summed E-state index contributed by atoms with van der Waals surface area (Å²) in [4.78, 5) is 9.99. The molecule has 4 nitrogen and oxygen atoms in total. The van der Waals surface area contributed by atoms with Crippen molar-refractivity contribution in [2.45, 2.75) is 57.8 Å². The fourth-order valence-electron chi connectivity index (χ4n) is 6.97. The maximum atomic E-state index is 4.99. The molecule has 2 aliphatic carbocycles. The summed E-state index contributed by atoms with van der Waals surface area (Å²) in [6.07, 6.45) is 10.2. The van der Waals surface area contributed by atoms with Crippen molar-refractivity contribution in [1.82, 2.24) is 9.97 Å². The van der Waals surface area contributed by atoms with Gasteiger partial charge in [-0.1, -0.05) is 60.7 Å². The number of nitrogens with one attached hydrogen (secondary N) is 2. The average Bonchev–Trinajstić information content (AvgIpc) is 3.06. The molecule has 0 fully saturated rings. The SMILES string of the molecule is c1ccc2c(Nc3ccc(Cc4ccc(Nc5c6c(nc7ccccc57)CCCC6)cc4)cc3)c3c(nc2c1)CCCC3. The molecular formula is C39H36N4. The van der Waals surface area contributed by atoms with Gasteiger partial charge in [0.2, 0.25) is 0 Å². The van der Waals surface area contributed by atoms with Gasteiger partial charge in [-0.05, 0) is 116 Å². The van der Waals surface area contributed by atoms with Crippen molar-refractivity contribution in [2.75, 3.05) is 10.6 Å². The number of aryl methyl sites for hydroxylation is 2. The topological polar surface area (TPSA) is 49.8 Å². The summed E-state index contributed by atoms with van der Waals surface area (Å²) < 4.78 is 0. The first kappa shape index (κ1) is 26.0. The lowest BCUT2D eigenvalue weighted by atomic mass is 9.92. The van der Waals surface area contributed by atoms with Crippen LogP contribution >= 0.6 is 0 Å². The number of pyridine rings is 2. The first-order valence-electron chi connectivity index (χ1n) is 15.8. The number of aromatic nitrogens is 2. The van der Waals surface area contributed by atoms with Crippen LogP contribution in [0.1, 0.15) is 59.3 Å². The third-order valence-electron chi connectivity index (χ3n) is 9.19. The Kier molecular flexibility index (Phi) is 6.75. The molecule has 0 amide bonds. The molecule has 8 rings (SSSR count). The van der Waals surface area contributed by atoms with Gasteiger partial charge in [0.15, 0.2) is 0 Å². The molecular weight excluding hydrogens is 524 g/mol. The molecule has 2 aliphatic rings. The largest absolute Gasteiger partial charge is 0.355 e. The predicted molar refractivity (Wildman–Crippen MR) is 179 cm³/mol. The summed E-state index contributed by atoms with van der Waals surface area (Å²) >= 11 is 0. The summed E-state index contributed by atoms with van der Waals surface area (Å²) in [5.74, 6) is 0. The van der Waals surface area contributed by atoms with Gasteiger partial charge in [0.25, 0.3) is 0 Å². The molecule has 4 aromatic carbocycles. The van der Waals surface area contributed by atoms with E-state index in [2.05, 4.69) is 108 Å². The van der Waals surface area contributed by atoms with Crippen LogP contribution in [0.2, 0.25) is 0 Å². The molecule has 0 spiro atoms. The van der Waals surface area contributed by atoms with E-state index in [4.69, 9.17) is 9.97 Å². The van der Waals surface area contributed by atoms with Crippen molar-refractivity contribution in [2.24, 2.45) is 0 Å². The number of hydrogen-bond acceptors (Lipinski definition) is 4. The van der Waals surface area contributed by atoms with E-state index in [0.29, 0.717) is 0 Å². The number of hydrogen-bond donors (Lipinski definition) is 2. The summed E-state index contributed by atoms with van der Waals surface area (Å²) in [6.45, 7) is 0. The lowest BCUT2D eigenvalue weighted by molar-refractivity contribution is 0.672. The Bertz CT molecular complexity index is 1800. The van der Waals surface area contributed by atoms with Crippen LogP contribution in [0.3, 0.4) is 0 Å². The standard InChI is InChI=1S/C39H36N4/c1-5-13-34-30(9-1)38(31-10-2-6-14-35(31)42-34)40-28-21-17-26(18-22-28)25-27-19-23-29(24-20-27)41-39-32-11-3-7-15-36(32)43-37-16-8-4-12-33(37)39/h1,3,5,7,9,11,13,15,17-24H,2,4,6,8,10,12,14,16,25H2,(H,40,42)(H,41,43). The quantitative estimate of drug-likeness (QED) is 0.213. The number of nitrogens with zero attached hydrogens (tertiary/aromatic N) is 2. The second-order valence-corrected chi connectivity index (χ2v) is 12.1. The van der Waals surface area contributed by atoms with Gasteiger partial charge in [0, 0.05) is 33.5 Å². The number of fused-ring (bicyclic) bond motifs is 4. The van der Waals surface area contributed by atoms with Crippen LogP contribution in [0.25, 0.3) is 21.8 Å². The van der Waals surface area contributed by atoms with Gasteiger partial charge >= 0.3 is 0 Å². The van der Waals surface area contributed by atoms with Gasteiger partial charge in [-0.2, -0.15) is 0 Å². The Morgan fingerprint density at radius 1 is 0.465 bits per heavy atom. The Labute approximate surface area is 253 Å². The third kappa shape index (κ3) is 5.12. The normalized spacial score (nSPS) is 14.3. The number of benzene rings is 4. The Morgan fingerprint density at radius 2 is 0.884 bits per heavy atom. The minimum Gasteiger partial charge on any atom is -0.355 e. The maximum absolute atomic E-state index is 4.99. The van der Waals surface area contributed by atoms with E-state index in [1.54, 1.807) is 0 Å². The van der Waals surface area contributed by atoms with Crippen LogP contribution in [-0.4, -0.2) is 9.97 Å². The molecule has 0 saturated carbocycles. The Morgan fingerprint density at radius 3 is 1.35 bits per heavy atom. The molecule has 0 radical (unpaired) electrons. The van der Waals surface area contributed by atoms with Crippen LogP contribution in [-0.2, 0) is 32.1 Å². The molecule has 2 aromatic heterocycles. The van der Waals surface area contributed by atoms with Gasteiger partial charge in [-0.3, -0.25) is 9.97 Å². The van der Waals surface area contributed by atoms with Crippen molar-refractivity contribution < 1.29 is 0 Å². The third-order valence-corrected chi connectivity index (χ3v) is 9.19. The average molecular weight is 561 g/mol. The molecule has 2 heterocycles. The minimum atomic E-state index is 0.904. The van der Waals surface area contributed by atoms with Gasteiger partial charge < -0.3 is 10.6 Å². The number of anilines is 4. The zero-order chi connectivity index (χ0) is 28.6. The highest BCUT2D eigenvalue weighted by molar-refractivity contribution is 5.96. The van der Waals surface area contributed by atoms with E-state index in [1.807, 2.05) is 0 Å². The maximum Gasteiger partial charge on any atom is 0.0726 e. The lowest BCUT2D eigenvalue weighted by Gasteiger charge is -2.22. The highest BCUT2D eigenvalue weighted by Crippen LogP contribution is 2.37. The first-order valence-corrected chi connectivity index (χ1v) is 15.8. The molecule has 4 heteroatoms. The van der Waals surface area contributed by atoms with Crippen molar-refractivity contribution >= 4 is 44.6 Å². The molecule has 0 aliphatic heterocycles. The van der Waals surface area contributed by atoms with Crippen LogP contribution in [0.15, 0.2) is 97.1 Å². The first-order chi connectivity index (χ1) is 21.3. The van der Waals surface area contributed by atoms with Gasteiger partial charge in [-0.15, -0.1) is 0 Å². The summed E-state index contributed by atoms with van der Waals surface area (Å²) in [6, 6.07) is 34.9. The molecule has 0 atom stereocenters. The number of rotatable bonds is 6. The minimum absolute atomic E-state index is 0.904. The summed E-state index contributed by atoms with van der Waals surface area (Å²) in [7, 11) is 0. The van der Waals surface area contributed by atoms with E-state index >= 15 is 0 Å². The van der Waals surface area contributed by atoms with Crippen molar-refractivity contribution in [1.29, 1.82) is 0 Å². The van der Waals surface area contributed by atoms with Gasteiger partial charge in [0.1, 0.15) is 0 Å². The van der Waals surface area contributed by atoms with Crippen molar-refractivity contribution in [3.8, 4) is 0 Å². The van der Waals surface area contributed by atoms with Crippen molar-refractivity contribution in [3.63, 3.8) is 0 Å². The second-order valence-electron chi connectivity index (χ2n) is 12.1. The van der Waals surface area contributed by atoms with Crippen LogP contribution in [0.4, 0.5) is 22.7 Å². The second kappa shape index (κ2) is 11.2. The molecule has 2 N–H and O–H groups in total. The van der Waals surface area contributed by atoms with Crippen LogP contribution in [0, 0.1) is 0 Å². The molecule has 0 bridgehead atoms. The predicted octanol–water partition coefficient (Wildman–Crippen LogP) is 9.62. The lowest BCUT2D eigenvalue weighted by Crippen LogP contribution is -2.09. The van der Waals surface area contributed by atoms with Crippen LogP contribution in [0.5, 0.6) is 0 Å². The smallest absolute Gasteiger partial charge is 0.0726 e. The van der Waals surface area contributed by atoms with Crippen LogP contribution < -0.4 is 10.6 Å². The van der Waals surface area contributed by atoms with Gasteiger partial charge in [0.05, 0.1) is 22.4 Å². The molecule has 6 aromatic rings. The Hall–Kier alpha value is -4.70. The number of para-hydroxylation sites is 2. The molecule has 0 saturated heterocycles. The summed E-state index contributed by atoms with van der Waals surface area (Å²) in [5, 5.41) is 9.98. The van der Waals surface area contributed by atoms with Gasteiger partial charge in [-0.25, -0.2) is 0 Å². The highest BCUT2D eigenvalue weighted by Gasteiger charge is 2.19. The fraction of sp³-hybridized carbons (Fsp3) is 0.231. The van der Waals surface area contributed by atoms with E-state index < -0.39 is 0 Å². The van der Waals surface area contributed by atoms with E-state index in [-0.39, 0.29) is 0 Å². The van der Waals surface area contributed by atoms with E-state index in [9.17, 15) is 0 Å². The van der Waals surface area contributed by atoms with Crippen molar-refractivity contribution in [3.05, 3.63) is 131 Å². The Balaban J connectivity index is 1.00. The fourth-order valence-corrected chi connectivity index (χ4v) is 6.97. The summed E-state index contributed by atoms with van der Waals surface area (Å²) in [5.41, 5.74) is 14.8. The zero-order valence-electron chi connectivity index (χ0n) is 24.5. The molecule has 0 unspecified atom stereocenters. The highest BCUT2D eigenvalue weighted by atomic mass is 14.9. The monoisotopic (exact) mass is 560 g/mol.